The first-order valence-corrected chi connectivity index (χ1v) is 11.9. The van der Waals surface area contributed by atoms with Crippen LogP contribution in [0, 0.1) is 18.3 Å². The maximum absolute atomic E-state index is 12.6. The summed E-state index contributed by atoms with van der Waals surface area (Å²) in [7, 11) is 0. The van der Waals surface area contributed by atoms with Crippen molar-refractivity contribution in [2.45, 2.75) is 13.0 Å². The van der Waals surface area contributed by atoms with Crippen molar-refractivity contribution in [3.63, 3.8) is 0 Å². The molecule has 1 aliphatic heterocycles. The Labute approximate surface area is 189 Å². The molecule has 2 aromatic carbocycles. The fraction of sp³-hybridized carbons (Fsp3) is 0.273. The number of aryl methyl sites for hydroxylation is 1. The highest BCUT2D eigenvalue weighted by molar-refractivity contribution is 8.00. The van der Waals surface area contributed by atoms with E-state index >= 15 is 0 Å². The van der Waals surface area contributed by atoms with Crippen LogP contribution in [0.5, 0.6) is 0 Å². The van der Waals surface area contributed by atoms with Gasteiger partial charge in [-0.15, -0.1) is 23.5 Å². The fourth-order valence-corrected chi connectivity index (χ4v) is 4.79. The van der Waals surface area contributed by atoms with Crippen LogP contribution in [0.2, 0.25) is 0 Å². The molecule has 0 aliphatic carbocycles. The summed E-state index contributed by atoms with van der Waals surface area (Å²) in [6.07, 6.45) is 0. The molecule has 7 nitrogen and oxygen atoms in total. The minimum Gasteiger partial charge on any atom is -0.325 e. The van der Waals surface area contributed by atoms with Crippen molar-refractivity contribution in [3.05, 3.63) is 59.7 Å². The number of benzene rings is 2. The van der Waals surface area contributed by atoms with Crippen LogP contribution in [0.3, 0.4) is 0 Å². The van der Waals surface area contributed by atoms with Gasteiger partial charge in [-0.25, -0.2) is 0 Å². The molecular formula is C22H22N4O3S2. The predicted octanol–water partition coefficient (Wildman–Crippen LogP) is 3.08. The zero-order chi connectivity index (χ0) is 22.2. The van der Waals surface area contributed by atoms with Crippen molar-refractivity contribution in [2.24, 2.45) is 0 Å². The van der Waals surface area contributed by atoms with E-state index in [4.69, 9.17) is 5.26 Å². The van der Waals surface area contributed by atoms with Gasteiger partial charge >= 0.3 is 0 Å². The van der Waals surface area contributed by atoms with Gasteiger partial charge in [-0.3, -0.25) is 14.4 Å². The highest BCUT2D eigenvalue weighted by Gasteiger charge is 2.34. The molecule has 31 heavy (non-hydrogen) atoms. The normalized spacial score (nSPS) is 15.2. The Morgan fingerprint density at radius 1 is 1.06 bits per heavy atom. The molecule has 3 rings (SSSR count). The minimum absolute atomic E-state index is 0.128. The van der Waals surface area contributed by atoms with Crippen molar-refractivity contribution >= 4 is 52.6 Å². The van der Waals surface area contributed by atoms with Crippen LogP contribution in [0.4, 0.5) is 11.4 Å². The third-order valence-electron chi connectivity index (χ3n) is 4.58. The standard InChI is InChI=1S/C22H22N4O3S2/c1-15-2-6-17(7-3-15)24-20(27)12-30-13-21(28)26-14-31-11-19(26)22(29)25-18-8-4-16(10-23)5-9-18/h2-9,19H,11-14H2,1H3,(H,24,27)(H,25,29). The first-order chi connectivity index (χ1) is 15.0. The Morgan fingerprint density at radius 3 is 2.39 bits per heavy atom. The SMILES string of the molecule is Cc1ccc(NC(=O)CSCC(=O)N2CSCC2C(=O)Nc2ccc(C#N)cc2)cc1. The van der Waals surface area contributed by atoms with E-state index in [9.17, 15) is 14.4 Å². The number of carbonyl (C=O) groups is 3. The maximum atomic E-state index is 12.6. The van der Waals surface area contributed by atoms with Crippen molar-refractivity contribution in [1.29, 1.82) is 5.26 Å². The van der Waals surface area contributed by atoms with Gasteiger partial charge in [-0.1, -0.05) is 17.7 Å². The molecule has 1 heterocycles. The molecular weight excluding hydrogens is 432 g/mol. The van der Waals surface area contributed by atoms with Gasteiger partial charge in [0, 0.05) is 17.1 Å². The van der Waals surface area contributed by atoms with Gasteiger partial charge in [0.1, 0.15) is 6.04 Å². The molecule has 160 valence electrons. The van der Waals surface area contributed by atoms with E-state index in [1.165, 1.54) is 23.5 Å². The van der Waals surface area contributed by atoms with E-state index in [-0.39, 0.29) is 29.2 Å². The number of nitrogens with one attached hydrogen (secondary N) is 2. The van der Waals surface area contributed by atoms with Crippen molar-refractivity contribution in [3.8, 4) is 6.07 Å². The van der Waals surface area contributed by atoms with Gasteiger partial charge < -0.3 is 15.5 Å². The van der Waals surface area contributed by atoms with E-state index in [1.807, 2.05) is 37.3 Å². The summed E-state index contributed by atoms with van der Waals surface area (Å²) in [5.74, 6) is 0.647. The Bertz CT molecular complexity index is 987. The number of nitriles is 1. The first kappa shape index (κ1) is 22.7. The molecule has 0 bridgehead atoms. The van der Waals surface area contributed by atoms with Crippen molar-refractivity contribution in [2.75, 3.05) is 33.8 Å². The minimum atomic E-state index is -0.560. The van der Waals surface area contributed by atoms with Crippen LogP contribution < -0.4 is 10.6 Å². The van der Waals surface area contributed by atoms with Crippen molar-refractivity contribution in [1.82, 2.24) is 4.90 Å². The van der Waals surface area contributed by atoms with E-state index in [2.05, 4.69) is 10.6 Å². The highest BCUT2D eigenvalue weighted by atomic mass is 32.2. The largest absolute Gasteiger partial charge is 0.325 e. The summed E-state index contributed by atoms with van der Waals surface area (Å²) in [4.78, 5) is 38.9. The number of hydrogen-bond donors (Lipinski definition) is 2. The second-order valence-electron chi connectivity index (χ2n) is 6.96. The molecule has 0 saturated carbocycles. The summed E-state index contributed by atoms with van der Waals surface area (Å²) in [5.41, 5.74) is 2.92. The third kappa shape index (κ3) is 6.51. The summed E-state index contributed by atoms with van der Waals surface area (Å²) in [5, 5.41) is 14.5. The molecule has 0 radical (unpaired) electrons. The summed E-state index contributed by atoms with van der Waals surface area (Å²) in [6, 6.07) is 15.5. The summed E-state index contributed by atoms with van der Waals surface area (Å²) < 4.78 is 0. The Balaban J connectivity index is 1.46. The number of rotatable bonds is 7. The quantitative estimate of drug-likeness (QED) is 0.667. The first-order valence-electron chi connectivity index (χ1n) is 9.59. The number of nitrogens with zero attached hydrogens (tertiary/aromatic N) is 2. The average Bonchev–Trinajstić information content (AvgIpc) is 3.26. The molecule has 0 spiro atoms. The second-order valence-corrected chi connectivity index (χ2v) is 8.95. The van der Waals surface area contributed by atoms with E-state index in [0.717, 1.165) is 11.3 Å². The van der Waals surface area contributed by atoms with E-state index in [0.29, 0.717) is 22.9 Å². The number of anilines is 2. The molecule has 1 aliphatic rings. The number of amides is 3. The van der Waals surface area contributed by atoms with Gasteiger partial charge in [0.15, 0.2) is 0 Å². The molecule has 2 N–H and O–H groups in total. The Hall–Kier alpha value is -2.96. The van der Waals surface area contributed by atoms with Gasteiger partial charge in [0.25, 0.3) is 0 Å². The number of thioether (sulfide) groups is 2. The van der Waals surface area contributed by atoms with Crippen LogP contribution in [0.25, 0.3) is 0 Å². The van der Waals surface area contributed by atoms with Gasteiger partial charge in [0.05, 0.1) is 29.0 Å². The Kier molecular flexibility index (Phi) is 7.98. The summed E-state index contributed by atoms with van der Waals surface area (Å²) in [6.45, 7) is 1.97. The number of hydrogen-bond acceptors (Lipinski definition) is 6. The lowest BCUT2D eigenvalue weighted by Gasteiger charge is -2.23. The monoisotopic (exact) mass is 454 g/mol. The van der Waals surface area contributed by atoms with Gasteiger partial charge in [-0.05, 0) is 43.3 Å². The predicted molar refractivity (Wildman–Crippen MR) is 125 cm³/mol. The molecule has 9 heteroatoms. The smallest absolute Gasteiger partial charge is 0.248 e. The van der Waals surface area contributed by atoms with Gasteiger partial charge in [-0.2, -0.15) is 5.26 Å². The molecule has 1 fully saturated rings. The molecule has 1 saturated heterocycles. The average molecular weight is 455 g/mol. The molecule has 2 aromatic rings. The van der Waals surface area contributed by atoms with Crippen LogP contribution >= 0.6 is 23.5 Å². The second kappa shape index (κ2) is 10.9. The lowest BCUT2D eigenvalue weighted by molar-refractivity contribution is -0.134. The molecule has 1 atom stereocenters. The molecule has 1 unspecified atom stereocenters. The zero-order valence-electron chi connectivity index (χ0n) is 17.0. The van der Waals surface area contributed by atoms with Crippen LogP contribution in [-0.2, 0) is 14.4 Å². The lowest BCUT2D eigenvalue weighted by atomic mass is 10.2. The van der Waals surface area contributed by atoms with Crippen LogP contribution in [0.15, 0.2) is 48.5 Å². The number of carbonyl (C=O) groups excluding carboxylic acids is 3. The summed E-state index contributed by atoms with van der Waals surface area (Å²) >= 11 is 2.74. The third-order valence-corrected chi connectivity index (χ3v) is 6.51. The lowest BCUT2D eigenvalue weighted by Crippen LogP contribution is -2.45. The molecule has 0 aromatic heterocycles. The van der Waals surface area contributed by atoms with E-state index < -0.39 is 6.04 Å². The van der Waals surface area contributed by atoms with Crippen LogP contribution in [-0.4, -0.2) is 51.8 Å². The van der Waals surface area contributed by atoms with E-state index in [1.54, 1.807) is 29.2 Å². The van der Waals surface area contributed by atoms with Crippen molar-refractivity contribution < 1.29 is 14.4 Å². The Morgan fingerprint density at radius 2 is 1.71 bits per heavy atom. The fourth-order valence-electron chi connectivity index (χ4n) is 2.91. The highest BCUT2D eigenvalue weighted by Crippen LogP contribution is 2.23. The van der Waals surface area contributed by atoms with Gasteiger partial charge in [0.2, 0.25) is 17.7 Å². The zero-order valence-corrected chi connectivity index (χ0v) is 18.6. The molecule has 3 amide bonds. The maximum Gasteiger partial charge on any atom is 0.248 e. The van der Waals surface area contributed by atoms with Crippen LogP contribution in [0.1, 0.15) is 11.1 Å². The topological polar surface area (TPSA) is 102 Å².